The second-order valence-corrected chi connectivity index (χ2v) is 4.83. The Bertz CT molecular complexity index is 378. The summed E-state index contributed by atoms with van der Waals surface area (Å²) in [7, 11) is 4.04. The standard InChI is InChI=1S/C14H20N2O/c1-11(17)15-14-5-3-12(4-6-14)13-7-9-16(2)10-8-13/h3-6,13,16H,2,7-10H2,1H3,(H,15,17). The highest BCUT2D eigenvalue weighted by Gasteiger charge is 2.18. The summed E-state index contributed by atoms with van der Waals surface area (Å²) in [6, 6.07) is 8.23. The van der Waals surface area contributed by atoms with Gasteiger partial charge < -0.3 is 10.2 Å². The van der Waals surface area contributed by atoms with Crippen molar-refractivity contribution in [1.82, 2.24) is 0 Å². The minimum Gasteiger partial charge on any atom is -0.468 e. The Hall–Kier alpha value is -1.35. The molecule has 2 rings (SSSR count). The van der Waals surface area contributed by atoms with Crippen molar-refractivity contribution in [2.75, 3.05) is 18.4 Å². The molecule has 0 bridgehead atoms. The fraction of sp³-hybridized carbons (Fsp3) is 0.429. The predicted molar refractivity (Wildman–Crippen MR) is 68.8 cm³/mol. The summed E-state index contributed by atoms with van der Waals surface area (Å²) in [5, 5.41) is 2.79. The zero-order chi connectivity index (χ0) is 12.3. The molecule has 1 saturated heterocycles. The Balaban J connectivity index is 2.00. The van der Waals surface area contributed by atoms with Crippen molar-refractivity contribution in [1.29, 1.82) is 0 Å². The molecule has 3 nitrogen and oxygen atoms in total. The second kappa shape index (κ2) is 5.32. The predicted octanol–water partition coefficient (Wildman–Crippen LogP) is 1.20. The van der Waals surface area contributed by atoms with E-state index >= 15 is 0 Å². The topological polar surface area (TPSA) is 33.5 Å². The highest BCUT2D eigenvalue weighted by atomic mass is 16.1. The fourth-order valence-electron chi connectivity index (χ4n) is 2.40. The van der Waals surface area contributed by atoms with Crippen LogP contribution in [0.5, 0.6) is 0 Å². The van der Waals surface area contributed by atoms with Crippen molar-refractivity contribution < 1.29 is 9.69 Å². The maximum absolute atomic E-state index is 10.9. The molecule has 1 heterocycles. The molecule has 0 saturated carbocycles. The van der Waals surface area contributed by atoms with Gasteiger partial charge in [0.05, 0.1) is 13.1 Å². The maximum atomic E-state index is 10.9. The fourth-order valence-corrected chi connectivity index (χ4v) is 2.40. The van der Waals surface area contributed by atoms with Crippen LogP contribution in [0.1, 0.15) is 31.2 Å². The van der Waals surface area contributed by atoms with E-state index < -0.39 is 0 Å². The molecule has 0 unspecified atom stereocenters. The van der Waals surface area contributed by atoms with Gasteiger partial charge in [-0.15, -0.1) is 0 Å². The molecule has 1 fully saturated rings. The number of nitrogens with one attached hydrogen (secondary N) is 2. The van der Waals surface area contributed by atoms with Gasteiger partial charge in [-0.2, -0.15) is 7.05 Å². The lowest BCUT2D eigenvalue weighted by molar-refractivity contribution is -0.859. The van der Waals surface area contributed by atoms with Crippen LogP contribution in [0.2, 0.25) is 0 Å². The van der Waals surface area contributed by atoms with Crippen molar-refractivity contribution in [3.63, 3.8) is 0 Å². The number of piperidine rings is 1. The van der Waals surface area contributed by atoms with E-state index in [4.69, 9.17) is 0 Å². The molecule has 0 aliphatic carbocycles. The Kier molecular flexibility index (Phi) is 3.79. The largest absolute Gasteiger partial charge is 0.468 e. The molecule has 92 valence electrons. The molecular formula is C14H20N2O. The number of amides is 1. The van der Waals surface area contributed by atoms with E-state index in [1.807, 2.05) is 12.1 Å². The van der Waals surface area contributed by atoms with E-state index in [0.717, 1.165) is 18.8 Å². The molecule has 0 atom stereocenters. The maximum Gasteiger partial charge on any atom is 0.221 e. The summed E-state index contributed by atoms with van der Waals surface area (Å²) in [4.78, 5) is 12.3. The van der Waals surface area contributed by atoms with Crippen LogP contribution in [0, 0.1) is 7.05 Å². The van der Waals surface area contributed by atoms with Gasteiger partial charge in [0, 0.05) is 25.5 Å². The average molecular weight is 232 g/mol. The van der Waals surface area contributed by atoms with Gasteiger partial charge in [-0.05, 0) is 23.6 Å². The Labute approximate surface area is 103 Å². The summed E-state index contributed by atoms with van der Waals surface area (Å²) in [5.41, 5.74) is 2.26. The van der Waals surface area contributed by atoms with Crippen molar-refractivity contribution in [2.45, 2.75) is 25.7 Å². The number of carbonyl (C=O) groups is 1. The van der Waals surface area contributed by atoms with E-state index in [9.17, 15) is 4.79 Å². The molecule has 1 aromatic carbocycles. The first-order valence-corrected chi connectivity index (χ1v) is 6.19. The second-order valence-electron chi connectivity index (χ2n) is 4.83. The van der Waals surface area contributed by atoms with Gasteiger partial charge in [-0.3, -0.25) is 4.79 Å². The first kappa shape index (κ1) is 12.1. The minimum absolute atomic E-state index is 0.0216. The van der Waals surface area contributed by atoms with Crippen LogP contribution in [-0.4, -0.2) is 19.0 Å². The third-order valence-electron chi connectivity index (χ3n) is 3.40. The van der Waals surface area contributed by atoms with Crippen molar-refractivity contribution in [2.24, 2.45) is 0 Å². The number of anilines is 1. The van der Waals surface area contributed by atoms with E-state index in [0.29, 0.717) is 5.92 Å². The van der Waals surface area contributed by atoms with E-state index in [1.165, 1.54) is 30.2 Å². The molecule has 1 aromatic rings. The van der Waals surface area contributed by atoms with Gasteiger partial charge in [0.15, 0.2) is 0 Å². The molecule has 2 N–H and O–H groups in total. The molecule has 1 aliphatic heterocycles. The quantitative estimate of drug-likeness (QED) is 0.738. The van der Waals surface area contributed by atoms with Crippen molar-refractivity contribution in [3.8, 4) is 0 Å². The van der Waals surface area contributed by atoms with Crippen molar-refractivity contribution in [3.05, 3.63) is 36.9 Å². The van der Waals surface area contributed by atoms with Crippen LogP contribution < -0.4 is 10.2 Å². The van der Waals surface area contributed by atoms with Crippen LogP contribution in [0.15, 0.2) is 24.3 Å². The number of hydrogen-bond acceptors (Lipinski definition) is 1. The van der Waals surface area contributed by atoms with Gasteiger partial charge in [0.1, 0.15) is 0 Å². The molecule has 1 aliphatic rings. The lowest BCUT2D eigenvalue weighted by Gasteiger charge is -2.31. The van der Waals surface area contributed by atoms with Gasteiger partial charge in [0.25, 0.3) is 0 Å². The molecule has 0 radical (unpaired) electrons. The van der Waals surface area contributed by atoms with E-state index in [1.54, 1.807) is 0 Å². The summed E-state index contributed by atoms with van der Waals surface area (Å²) in [6.45, 7) is 3.83. The van der Waals surface area contributed by atoms with Crippen LogP contribution >= 0.6 is 0 Å². The highest BCUT2D eigenvalue weighted by Crippen LogP contribution is 2.25. The lowest BCUT2D eigenvalue weighted by atomic mass is 9.89. The number of hydrogen-bond donors (Lipinski definition) is 2. The summed E-state index contributed by atoms with van der Waals surface area (Å²) < 4.78 is 0. The average Bonchev–Trinajstić information content (AvgIpc) is 2.30. The third kappa shape index (κ3) is 3.30. The normalized spacial score (nSPS) is 24.4. The molecule has 3 heteroatoms. The molecule has 1 amide bonds. The molecule has 17 heavy (non-hydrogen) atoms. The van der Waals surface area contributed by atoms with Gasteiger partial charge in [-0.25, -0.2) is 0 Å². The highest BCUT2D eigenvalue weighted by molar-refractivity contribution is 5.88. The first-order chi connectivity index (χ1) is 8.15. The number of benzene rings is 1. The Morgan fingerprint density at radius 3 is 2.41 bits per heavy atom. The van der Waals surface area contributed by atoms with E-state index in [-0.39, 0.29) is 5.91 Å². The molecule has 0 spiro atoms. The summed E-state index contributed by atoms with van der Waals surface area (Å²) in [6.07, 6.45) is 2.41. The number of quaternary nitrogens is 1. The summed E-state index contributed by atoms with van der Waals surface area (Å²) >= 11 is 0. The Morgan fingerprint density at radius 1 is 1.29 bits per heavy atom. The first-order valence-electron chi connectivity index (χ1n) is 6.19. The number of rotatable bonds is 2. The van der Waals surface area contributed by atoms with Gasteiger partial charge >= 0.3 is 0 Å². The SMILES string of the molecule is [CH2-][NH+]1CCC(c2ccc(NC(C)=O)cc2)CC1. The zero-order valence-electron chi connectivity index (χ0n) is 10.3. The van der Waals surface area contributed by atoms with Crippen LogP contribution in [0.25, 0.3) is 0 Å². The van der Waals surface area contributed by atoms with Gasteiger partial charge in [-0.1, -0.05) is 12.1 Å². The van der Waals surface area contributed by atoms with E-state index in [2.05, 4.69) is 24.5 Å². The smallest absolute Gasteiger partial charge is 0.221 e. The Morgan fingerprint density at radius 2 is 1.88 bits per heavy atom. The van der Waals surface area contributed by atoms with Crippen LogP contribution in [0.4, 0.5) is 5.69 Å². The van der Waals surface area contributed by atoms with Crippen LogP contribution in [-0.2, 0) is 4.79 Å². The molecule has 0 aromatic heterocycles. The van der Waals surface area contributed by atoms with Gasteiger partial charge in [0.2, 0.25) is 5.91 Å². The molecular weight excluding hydrogens is 212 g/mol. The lowest BCUT2D eigenvalue weighted by Crippen LogP contribution is -3.07. The summed E-state index contributed by atoms with van der Waals surface area (Å²) in [5.74, 6) is 0.638. The van der Waals surface area contributed by atoms with Crippen LogP contribution in [0.3, 0.4) is 0 Å². The monoisotopic (exact) mass is 232 g/mol. The number of likely N-dealkylation sites (tertiary alicyclic amines) is 1. The third-order valence-corrected chi connectivity index (χ3v) is 3.40. The van der Waals surface area contributed by atoms with Crippen molar-refractivity contribution >= 4 is 11.6 Å². The zero-order valence-corrected chi connectivity index (χ0v) is 10.3. The number of carbonyl (C=O) groups excluding carboxylic acids is 1. The minimum atomic E-state index is -0.0216.